The largest absolute Gasteiger partial charge is 0.489 e. The van der Waals surface area contributed by atoms with Crippen LogP contribution in [0.1, 0.15) is 12.8 Å². The molecule has 1 aromatic heterocycles. The molecule has 0 amide bonds. The fourth-order valence-electron chi connectivity index (χ4n) is 2.45. The van der Waals surface area contributed by atoms with Crippen LogP contribution in [0.3, 0.4) is 0 Å². The summed E-state index contributed by atoms with van der Waals surface area (Å²) in [6.45, 7) is 2.09. The molecule has 0 radical (unpaired) electrons. The number of aromatic nitrogens is 1. The van der Waals surface area contributed by atoms with Crippen LogP contribution in [0, 0.1) is 0 Å². The van der Waals surface area contributed by atoms with E-state index in [-0.39, 0.29) is 0 Å². The molecule has 1 aliphatic rings. The first kappa shape index (κ1) is 10.7. The van der Waals surface area contributed by atoms with Crippen molar-refractivity contribution in [2.45, 2.75) is 18.9 Å². The summed E-state index contributed by atoms with van der Waals surface area (Å²) in [7, 11) is 2.06. The summed E-state index contributed by atoms with van der Waals surface area (Å²) < 4.78 is 8.13. The van der Waals surface area contributed by atoms with E-state index in [1.54, 1.807) is 0 Å². The number of fused-ring (bicyclic) bond motifs is 1. The van der Waals surface area contributed by atoms with Crippen molar-refractivity contribution in [3.05, 3.63) is 30.5 Å². The van der Waals surface area contributed by atoms with Crippen LogP contribution in [-0.4, -0.2) is 23.8 Å². The van der Waals surface area contributed by atoms with Gasteiger partial charge in [-0.2, -0.15) is 0 Å². The van der Waals surface area contributed by atoms with Crippen molar-refractivity contribution in [3.8, 4) is 5.75 Å². The molecule has 1 saturated heterocycles. The average molecular weight is 230 g/mol. The van der Waals surface area contributed by atoms with Gasteiger partial charge in [-0.05, 0) is 43.7 Å². The molecule has 90 valence electrons. The average Bonchev–Trinajstić information content (AvgIpc) is 2.72. The van der Waals surface area contributed by atoms with E-state index >= 15 is 0 Å². The number of piperidine rings is 1. The van der Waals surface area contributed by atoms with E-state index in [0.717, 1.165) is 25.3 Å². The topological polar surface area (TPSA) is 26.2 Å². The second kappa shape index (κ2) is 4.41. The Morgan fingerprint density at radius 1 is 1.35 bits per heavy atom. The minimum absolute atomic E-state index is 0.324. The Hall–Kier alpha value is -1.48. The molecule has 2 heterocycles. The van der Waals surface area contributed by atoms with E-state index in [1.807, 2.05) is 0 Å². The van der Waals surface area contributed by atoms with Gasteiger partial charge in [-0.1, -0.05) is 0 Å². The van der Waals surface area contributed by atoms with Crippen LogP contribution in [0.4, 0.5) is 0 Å². The number of hydrogen-bond donors (Lipinski definition) is 1. The highest BCUT2D eigenvalue weighted by Gasteiger charge is 2.14. The summed E-state index contributed by atoms with van der Waals surface area (Å²) in [5.74, 6) is 0.984. The van der Waals surface area contributed by atoms with Gasteiger partial charge in [0.2, 0.25) is 0 Å². The summed E-state index contributed by atoms with van der Waals surface area (Å²) in [5.41, 5.74) is 1.25. The van der Waals surface area contributed by atoms with Crippen LogP contribution in [0.5, 0.6) is 5.75 Å². The van der Waals surface area contributed by atoms with Crippen molar-refractivity contribution in [1.82, 2.24) is 9.88 Å². The first-order valence-electron chi connectivity index (χ1n) is 6.25. The van der Waals surface area contributed by atoms with E-state index in [4.69, 9.17) is 4.74 Å². The maximum atomic E-state index is 6.00. The molecule has 2 aromatic rings. The quantitative estimate of drug-likeness (QED) is 0.856. The number of aryl methyl sites for hydroxylation is 1. The van der Waals surface area contributed by atoms with Crippen molar-refractivity contribution in [2.24, 2.45) is 7.05 Å². The van der Waals surface area contributed by atoms with Gasteiger partial charge in [0.05, 0.1) is 0 Å². The zero-order valence-corrected chi connectivity index (χ0v) is 10.1. The molecule has 1 unspecified atom stereocenters. The van der Waals surface area contributed by atoms with Crippen molar-refractivity contribution >= 4 is 10.9 Å². The van der Waals surface area contributed by atoms with Gasteiger partial charge >= 0.3 is 0 Å². The van der Waals surface area contributed by atoms with Crippen molar-refractivity contribution in [3.63, 3.8) is 0 Å². The van der Waals surface area contributed by atoms with Crippen LogP contribution < -0.4 is 10.1 Å². The maximum Gasteiger partial charge on any atom is 0.120 e. The van der Waals surface area contributed by atoms with E-state index in [2.05, 4.69) is 47.4 Å². The lowest BCUT2D eigenvalue weighted by Crippen LogP contribution is -2.37. The Morgan fingerprint density at radius 3 is 3.12 bits per heavy atom. The fourth-order valence-corrected chi connectivity index (χ4v) is 2.45. The smallest absolute Gasteiger partial charge is 0.120 e. The SMILES string of the molecule is Cn1ccc2cc(OC3CCCNC3)ccc21. The molecule has 1 aliphatic heterocycles. The highest BCUT2D eigenvalue weighted by molar-refractivity contribution is 5.81. The summed E-state index contributed by atoms with van der Waals surface area (Å²) in [6, 6.07) is 8.45. The molecule has 1 N–H and O–H groups in total. The van der Waals surface area contributed by atoms with Gasteiger partial charge in [-0.25, -0.2) is 0 Å². The van der Waals surface area contributed by atoms with Gasteiger partial charge in [-0.15, -0.1) is 0 Å². The molecule has 0 aliphatic carbocycles. The van der Waals surface area contributed by atoms with E-state index < -0.39 is 0 Å². The van der Waals surface area contributed by atoms with E-state index in [0.29, 0.717) is 6.10 Å². The van der Waals surface area contributed by atoms with Gasteiger partial charge in [0, 0.05) is 30.7 Å². The highest BCUT2D eigenvalue weighted by atomic mass is 16.5. The molecule has 17 heavy (non-hydrogen) atoms. The second-order valence-corrected chi connectivity index (χ2v) is 4.73. The van der Waals surface area contributed by atoms with Gasteiger partial charge < -0.3 is 14.6 Å². The molecule has 1 aromatic carbocycles. The van der Waals surface area contributed by atoms with Gasteiger partial charge in [0.15, 0.2) is 0 Å². The Kier molecular flexibility index (Phi) is 2.77. The van der Waals surface area contributed by atoms with Crippen LogP contribution in [0.25, 0.3) is 10.9 Å². The van der Waals surface area contributed by atoms with E-state index in [9.17, 15) is 0 Å². The first-order valence-corrected chi connectivity index (χ1v) is 6.25. The van der Waals surface area contributed by atoms with Crippen LogP contribution in [-0.2, 0) is 7.05 Å². The number of hydrogen-bond acceptors (Lipinski definition) is 2. The maximum absolute atomic E-state index is 6.00. The standard InChI is InChI=1S/C14H18N2O/c1-16-8-6-11-9-12(4-5-14(11)16)17-13-3-2-7-15-10-13/h4-6,8-9,13,15H,2-3,7,10H2,1H3. The van der Waals surface area contributed by atoms with Crippen molar-refractivity contribution in [1.29, 1.82) is 0 Å². The predicted octanol–water partition coefficient (Wildman–Crippen LogP) is 2.31. The summed E-state index contributed by atoms with van der Waals surface area (Å²) in [4.78, 5) is 0. The molecule has 1 fully saturated rings. The molecular weight excluding hydrogens is 212 g/mol. The minimum Gasteiger partial charge on any atom is -0.489 e. The minimum atomic E-state index is 0.324. The Morgan fingerprint density at radius 2 is 2.29 bits per heavy atom. The van der Waals surface area contributed by atoms with Crippen LogP contribution in [0.15, 0.2) is 30.5 Å². The first-order chi connectivity index (χ1) is 8.33. The van der Waals surface area contributed by atoms with Crippen molar-refractivity contribution < 1.29 is 4.74 Å². The summed E-state index contributed by atoms with van der Waals surface area (Å²) in [6.07, 6.45) is 4.76. The lowest BCUT2D eigenvalue weighted by atomic mass is 10.1. The van der Waals surface area contributed by atoms with Gasteiger partial charge in [-0.3, -0.25) is 0 Å². The Balaban J connectivity index is 1.80. The molecule has 3 nitrogen and oxygen atoms in total. The lowest BCUT2D eigenvalue weighted by Gasteiger charge is -2.23. The Bertz CT molecular complexity index is 512. The third-order valence-electron chi connectivity index (χ3n) is 3.41. The Labute approximate surface area is 101 Å². The summed E-state index contributed by atoms with van der Waals surface area (Å²) in [5, 5.41) is 4.61. The molecular formula is C14H18N2O. The number of nitrogens with one attached hydrogen (secondary N) is 1. The van der Waals surface area contributed by atoms with Gasteiger partial charge in [0.25, 0.3) is 0 Å². The predicted molar refractivity (Wildman–Crippen MR) is 69.4 cm³/mol. The van der Waals surface area contributed by atoms with Crippen molar-refractivity contribution in [2.75, 3.05) is 13.1 Å². The van der Waals surface area contributed by atoms with Crippen LogP contribution in [0.2, 0.25) is 0 Å². The fraction of sp³-hybridized carbons (Fsp3) is 0.429. The molecule has 0 saturated carbocycles. The summed E-state index contributed by atoms with van der Waals surface area (Å²) >= 11 is 0. The number of nitrogens with zero attached hydrogens (tertiary/aromatic N) is 1. The van der Waals surface area contributed by atoms with Crippen LogP contribution >= 0.6 is 0 Å². The molecule has 3 heteroatoms. The molecule has 3 rings (SSSR count). The third kappa shape index (κ3) is 2.15. The zero-order valence-electron chi connectivity index (χ0n) is 10.1. The third-order valence-corrected chi connectivity index (χ3v) is 3.41. The highest BCUT2D eigenvalue weighted by Crippen LogP contribution is 2.23. The molecule has 0 bridgehead atoms. The number of ether oxygens (including phenoxy) is 1. The number of rotatable bonds is 2. The van der Waals surface area contributed by atoms with Gasteiger partial charge in [0.1, 0.15) is 11.9 Å². The molecule has 0 spiro atoms. The zero-order chi connectivity index (χ0) is 11.7. The number of benzene rings is 1. The monoisotopic (exact) mass is 230 g/mol. The molecule has 1 atom stereocenters. The normalized spacial score (nSPS) is 20.6. The second-order valence-electron chi connectivity index (χ2n) is 4.73. The van der Waals surface area contributed by atoms with E-state index in [1.165, 1.54) is 17.3 Å². The lowest BCUT2D eigenvalue weighted by molar-refractivity contribution is 0.167.